The maximum Gasteiger partial charge on any atom is 0.248 e. The minimum atomic E-state index is -0.0626. The van der Waals surface area contributed by atoms with Gasteiger partial charge in [0, 0.05) is 30.8 Å². The number of benzene rings is 1. The zero-order valence-electron chi connectivity index (χ0n) is 13.6. The van der Waals surface area contributed by atoms with Crippen LogP contribution in [-0.2, 0) is 11.2 Å². The van der Waals surface area contributed by atoms with Crippen LogP contribution in [0.5, 0.6) is 0 Å². The summed E-state index contributed by atoms with van der Waals surface area (Å²) in [7, 11) is 0. The fraction of sp³-hybridized carbons (Fsp3) is 0.471. The average Bonchev–Trinajstić information content (AvgIpc) is 3.18. The van der Waals surface area contributed by atoms with E-state index in [1.807, 2.05) is 36.1 Å². The van der Waals surface area contributed by atoms with Crippen molar-refractivity contribution in [2.24, 2.45) is 0 Å². The molecular weight excluding hydrogens is 292 g/mol. The predicted molar refractivity (Wildman–Crippen MR) is 88.4 cm³/mol. The lowest BCUT2D eigenvalue weighted by Crippen LogP contribution is -2.23. The highest BCUT2D eigenvalue weighted by Gasteiger charge is 2.21. The highest BCUT2D eigenvalue weighted by molar-refractivity contribution is 5.95. The maximum absolute atomic E-state index is 11.8. The Morgan fingerprint density at radius 2 is 2.13 bits per heavy atom. The number of aryl methyl sites for hydroxylation is 1. The van der Waals surface area contributed by atoms with Crippen LogP contribution in [-0.4, -0.2) is 22.6 Å². The van der Waals surface area contributed by atoms with Crippen LogP contribution in [0, 0.1) is 0 Å². The highest BCUT2D eigenvalue weighted by atomic mass is 16.5. The van der Waals surface area contributed by atoms with Gasteiger partial charge in [0.2, 0.25) is 11.8 Å². The quantitative estimate of drug-likeness (QED) is 0.885. The van der Waals surface area contributed by atoms with Crippen molar-refractivity contribution in [1.29, 1.82) is 0 Å². The largest absolute Gasteiger partial charge is 0.374 e. The normalized spacial score (nSPS) is 15.9. The molecule has 1 aliphatic heterocycles. The van der Waals surface area contributed by atoms with Crippen LogP contribution in [0.3, 0.4) is 0 Å². The summed E-state index contributed by atoms with van der Waals surface area (Å²) < 4.78 is 5.29. The second-order valence-corrected chi connectivity index (χ2v) is 5.86. The molecule has 0 aliphatic carbocycles. The molecular formula is C17H22N4O2. The Kier molecular flexibility index (Phi) is 4.60. The first kappa shape index (κ1) is 15.5. The third kappa shape index (κ3) is 3.52. The lowest BCUT2D eigenvalue weighted by Gasteiger charge is -2.17. The Morgan fingerprint density at radius 1 is 1.35 bits per heavy atom. The van der Waals surface area contributed by atoms with E-state index in [1.165, 1.54) is 0 Å². The average molecular weight is 314 g/mol. The molecule has 1 N–H and O–H groups in total. The fourth-order valence-electron chi connectivity index (χ4n) is 2.74. The van der Waals surface area contributed by atoms with Gasteiger partial charge in [0.1, 0.15) is 6.04 Å². The fourth-order valence-corrected chi connectivity index (χ4v) is 2.74. The van der Waals surface area contributed by atoms with E-state index in [4.69, 9.17) is 4.52 Å². The maximum atomic E-state index is 11.8. The van der Waals surface area contributed by atoms with E-state index in [0.29, 0.717) is 12.3 Å². The molecule has 0 spiro atoms. The van der Waals surface area contributed by atoms with Crippen LogP contribution in [0.15, 0.2) is 28.8 Å². The first-order valence-electron chi connectivity index (χ1n) is 8.17. The number of carbonyl (C=O) groups is 1. The molecule has 122 valence electrons. The molecule has 3 rings (SSSR count). The number of aromatic nitrogens is 2. The molecule has 2 heterocycles. The Morgan fingerprint density at radius 3 is 2.78 bits per heavy atom. The molecule has 0 unspecified atom stereocenters. The molecule has 6 heteroatoms. The summed E-state index contributed by atoms with van der Waals surface area (Å²) in [4.78, 5) is 18.0. The van der Waals surface area contributed by atoms with Gasteiger partial charge in [0.15, 0.2) is 5.82 Å². The third-order valence-corrected chi connectivity index (χ3v) is 3.96. The molecule has 2 aromatic rings. The number of amides is 1. The molecule has 0 radical (unpaired) electrons. The van der Waals surface area contributed by atoms with Crippen molar-refractivity contribution in [3.05, 3.63) is 36.0 Å². The number of nitrogens with zero attached hydrogens (tertiary/aromatic N) is 3. The Hall–Kier alpha value is -2.37. The zero-order chi connectivity index (χ0) is 16.2. The highest BCUT2D eigenvalue weighted by Crippen LogP contribution is 2.25. The van der Waals surface area contributed by atoms with E-state index in [2.05, 4.69) is 22.4 Å². The molecule has 1 fully saturated rings. The molecule has 23 heavy (non-hydrogen) atoms. The van der Waals surface area contributed by atoms with Crippen LogP contribution in [0.25, 0.3) is 0 Å². The predicted octanol–water partition coefficient (Wildman–Crippen LogP) is 3.32. The third-order valence-electron chi connectivity index (χ3n) is 3.96. The van der Waals surface area contributed by atoms with Gasteiger partial charge in [-0.15, -0.1) is 0 Å². The summed E-state index contributed by atoms with van der Waals surface area (Å²) in [6.07, 6.45) is 3.41. The van der Waals surface area contributed by atoms with Gasteiger partial charge >= 0.3 is 0 Å². The summed E-state index contributed by atoms with van der Waals surface area (Å²) in [6.45, 7) is 4.88. The van der Waals surface area contributed by atoms with Gasteiger partial charge in [-0.1, -0.05) is 12.1 Å². The molecule has 0 bridgehead atoms. The Bertz CT molecular complexity index is 665. The number of hydrogen-bond acceptors (Lipinski definition) is 5. The van der Waals surface area contributed by atoms with Crippen molar-refractivity contribution < 1.29 is 9.32 Å². The zero-order valence-corrected chi connectivity index (χ0v) is 13.6. The summed E-state index contributed by atoms with van der Waals surface area (Å²) in [5, 5.41) is 7.32. The Labute approximate surface area is 135 Å². The summed E-state index contributed by atoms with van der Waals surface area (Å²) >= 11 is 0. The van der Waals surface area contributed by atoms with E-state index in [1.54, 1.807) is 0 Å². The minimum Gasteiger partial charge on any atom is -0.374 e. The topological polar surface area (TPSA) is 71.3 Å². The monoisotopic (exact) mass is 314 g/mol. The van der Waals surface area contributed by atoms with E-state index >= 15 is 0 Å². The number of nitrogens with one attached hydrogen (secondary N) is 1. The van der Waals surface area contributed by atoms with Gasteiger partial charge in [-0.2, -0.15) is 4.98 Å². The first-order chi connectivity index (χ1) is 11.2. The van der Waals surface area contributed by atoms with Gasteiger partial charge in [0.05, 0.1) is 0 Å². The van der Waals surface area contributed by atoms with E-state index in [-0.39, 0.29) is 11.9 Å². The minimum absolute atomic E-state index is 0.0626. The number of rotatable bonds is 6. The van der Waals surface area contributed by atoms with Crippen LogP contribution >= 0.6 is 0 Å². The van der Waals surface area contributed by atoms with Crippen LogP contribution in [0.4, 0.5) is 11.4 Å². The van der Waals surface area contributed by atoms with Crippen molar-refractivity contribution in [2.45, 2.75) is 45.6 Å². The molecule has 1 aromatic carbocycles. The SMILES string of the molecule is CCCc1noc([C@H](C)Nc2ccc(N3CCCC3=O)cc2)n1. The standard InChI is InChI=1S/C17H22N4O2/c1-3-5-15-19-17(23-20-15)12(2)18-13-7-9-14(10-8-13)21-11-4-6-16(21)22/h7-10,12,18H,3-6,11H2,1-2H3/t12-/m0/s1. The van der Waals surface area contributed by atoms with Crippen molar-refractivity contribution in [1.82, 2.24) is 10.1 Å². The van der Waals surface area contributed by atoms with Gasteiger partial charge < -0.3 is 14.7 Å². The van der Waals surface area contributed by atoms with Gasteiger partial charge in [-0.25, -0.2) is 0 Å². The van der Waals surface area contributed by atoms with Crippen molar-refractivity contribution >= 4 is 17.3 Å². The Balaban J connectivity index is 1.64. The summed E-state index contributed by atoms with van der Waals surface area (Å²) in [5.41, 5.74) is 1.91. The first-order valence-corrected chi connectivity index (χ1v) is 8.17. The molecule has 6 nitrogen and oxygen atoms in total. The molecule has 1 amide bonds. The number of hydrogen-bond donors (Lipinski definition) is 1. The van der Waals surface area contributed by atoms with Gasteiger partial charge in [-0.3, -0.25) is 4.79 Å². The molecule has 1 aromatic heterocycles. The van der Waals surface area contributed by atoms with Crippen LogP contribution in [0.1, 0.15) is 50.9 Å². The lowest BCUT2D eigenvalue weighted by atomic mass is 10.2. The molecule has 1 saturated heterocycles. The lowest BCUT2D eigenvalue weighted by molar-refractivity contribution is -0.117. The number of carbonyl (C=O) groups excluding carboxylic acids is 1. The summed E-state index contributed by atoms with van der Waals surface area (Å²) in [5.74, 6) is 1.54. The van der Waals surface area contributed by atoms with E-state index in [9.17, 15) is 4.79 Å². The van der Waals surface area contributed by atoms with Gasteiger partial charge in [-0.05, 0) is 44.0 Å². The van der Waals surface area contributed by atoms with E-state index < -0.39 is 0 Å². The van der Waals surface area contributed by atoms with Crippen LogP contribution in [0.2, 0.25) is 0 Å². The van der Waals surface area contributed by atoms with Crippen molar-refractivity contribution in [3.63, 3.8) is 0 Å². The van der Waals surface area contributed by atoms with Gasteiger partial charge in [0.25, 0.3) is 0 Å². The van der Waals surface area contributed by atoms with E-state index in [0.717, 1.165) is 43.0 Å². The number of anilines is 2. The summed E-state index contributed by atoms with van der Waals surface area (Å²) in [6, 6.07) is 7.82. The molecule has 0 saturated carbocycles. The molecule has 1 aliphatic rings. The van der Waals surface area contributed by atoms with Crippen molar-refractivity contribution in [2.75, 3.05) is 16.8 Å². The van der Waals surface area contributed by atoms with Crippen molar-refractivity contribution in [3.8, 4) is 0 Å². The molecule has 1 atom stereocenters. The second-order valence-electron chi connectivity index (χ2n) is 5.86. The van der Waals surface area contributed by atoms with Crippen LogP contribution < -0.4 is 10.2 Å². The smallest absolute Gasteiger partial charge is 0.248 e. The second kappa shape index (κ2) is 6.81.